The van der Waals surface area contributed by atoms with Gasteiger partial charge in [0.2, 0.25) is 11.7 Å². The normalized spacial score (nSPS) is 12.4. The highest BCUT2D eigenvalue weighted by molar-refractivity contribution is 6.31. The molecule has 7 heteroatoms. The predicted octanol–water partition coefficient (Wildman–Crippen LogP) is 4.66. The molecule has 1 heterocycles. The summed E-state index contributed by atoms with van der Waals surface area (Å²) in [7, 11) is 0. The van der Waals surface area contributed by atoms with Crippen LogP contribution in [0.5, 0.6) is 0 Å². The van der Waals surface area contributed by atoms with Crippen LogP contribution >= 0.6 is 11.6 Å². The van der Waals surface area contributed by atoms with Crippen LogP contribution in [0, 0.1) is 18.6 Å². The molecule has 3 aromatic rings. The van der Waals surface area contributed by atoms with Crippen molar-refractivity contribution in [1.29, 1.82) is 0 Å². The highest BCUT2D eigenvalue weighted by Gasteiger charge is 2.20. The van der Waals surface area contributed by atoms with E-state index in [1.807, 2.05) is 0 Å². The van der Waals surface area contributed by atoms with E-state index in [2.05, 4.69) is 10.1 Å². The average molecular weight is 350 g/mol. The van der Waals surface area contributed by atoms with E-state index in [9.17, 15) is 8.78 Å². The average Bonchev–Trinajstić information content (AvgIpc) is 2.92. The molecule has 0 amide bonds. The third-order valence-corrected chi connectivity index (χ3v) is 3.83. The van der Waals surface area contributed by atoms with E-state index < -0.39 is 17.7 Å². The van der Waals surface area contributed by atoms with Gasteiger partial charge in [0.1, 0.15) is 11.6 Å². The summed E-state index contributed by atoms with van der Waals surface area (Å²) < 4.78 is 33.7. The van der Waals surface area contributed by atoms with Crippen molar-refractivity contribution >= 4 is 11.6 Å². The lowest BCUT2D eigenvalue weighted by Gasteiger charge is -2.12. The highest BCUT2D eigenvalue weighted by Crippen LogP contribution is 2.36. The molecular formula is C17H14ClF2N3O. The van der Waals surface area contributed by atoms with Gasteiger partial charge in [-0.25, -0.2) is 8.78 Å². The van der Waals surface area contributed by atoms with E-state index in [0.29, 0.717) is 22.6 Å². The van der Waals surface area contributed by atoms with Crippen LogP contribution in [-0.2, 0) is 0 Å². The molecule has 0 radical (unpaired) electrons. The van der Waals surface area contributed by atoms with Gasteiger partial charge in [-0.3, -0.25) is 0 Å². The summed E-state index contributed by atoms with van der Waals surface area (Å²) in [5.41, 5.74) is 7.01. The largest absolute Gasteiger partial charge is 0.339 e. The molecule has 24 heavy (non-hydrogen) atoms. The van der Waals surface area contributed by atoms with Crippen molar-refractivity contribution in [3.63, 3.8) is 0 Å². The van der Waals surface area contributed by atoms with Crippen molar-refractivity contribution < 1.29 is 13.3 Å². The van der Waals surface area contributed by atoms with Crippen molar-refractivity contribution in [2.45, 2.75) is 19.9 Å². The van der Waals surface area contributed by atoms with Gasteiger partial charge in [0, 0.05) is 23.6 Å². The maximum Gasteiger partial charge on any atom is 0.223 e. The van der Waals surface area contributed by atoms with Gasteiger partial charge >= 0.3 is 0 Å². The SMILES string of the molecule is Cc1nc(-c2c(F)cc(Cl)cc2-c2ccc(C(C)N)c(F)c2)no1. The summed E-state index contributed by atoms with van der Waals surface area (Å²) in [5.74, 6) is -0.717. The first kappa shape index (κ1) is 16.5. The van der Waals surface area contributed by atoms with E-state index in [1.165, 1.54) is 12.1 Å². The highest BCUT2D eigenvalue weighted by atomic mass is 35.5. The Morgan fingerprint density at radius 2 is 1.92 bits per heavy atom. The summed E-state index contributed by atoms with van der Waals surface area (Å²) in [6.45, 7) is 3.28. The van der Waals surface area contributed by atoms with Gasteiger partial charge < -0.3 is 10.3 Å². The molecule has 1 atom stereocenters. The molecule has 0 saturated carbocycles. The Balaban J connectivity index is 2.22. The van der Waals surface area contributed by atoms with Crippen molar-refractivity contribution in [2.24, 2.45) is 5.73 Å². The van der Waals surface area contributed by atoms with E-state index >= 15 is 0 Å². The first-order valence-corrected chi connectivity index (χ1v) is 7.59. The van der Waals surface area contributed by atoms with Gasteiger partial charge in [0.15, 0.2) is 0 Å². The molecule has 4 nitrogen and oxygen atoms in total. The smallest absolute Gasteiger partial charge is 0.223 e. The molecule has 3 rings (SSSR count). The van der Waals surface area contributed by atoms with E-state index in [0.717, 1.165) is 6.07 Å². The topological polar surface area (TPSA) is 64.9 Å². The standard InChI is InChI=1S/C17H14ClF2N3O/c1-8(21)12-4-3-10(5-14(12)19)13-6-11(18)7-15(20)16(13)17-22-9(2)24-23-17/h3-8H,21H2,1-2H3. The number of nitrogens with two attached hydrogens (primary N) is 1. The molecule has 1 unspecified atom stereocenters. The van der Waals surface area contributed by atoms with Gasteiger partial charge in [-0.15, -0.1) is 0 Å². The van der Waals surface area contributed by atoms with E-state index in [4.69, 9.17) is 21.9 Å². The minimum absolute atomic E-state index is 0.0772. The molecule has 0 aliphatic rings. The molecule has 124 valence electrons. The van der Waals surface area contributed by atoms with Crippen LogP contribution in [0.1, 0.15) is 24.4 Å². The van der Waals surface area contributed by atoms with Gasteiger partial charge in [-0.05, 0) is 36.2 Å². The van der Waals surface area contributed by atoms with Crippen LogP contribution in [0.25, 0.3) is 22.5 Å². The van der Waals surface area contributed by atoms with Crippen molar-refractivity contribution in [3.8, 4) is 22.5 Å². The minimum Gasteiger partial charge on any atom is -0.339 e. The van der Waals surface area contributed by atoms with Gasteiger partial charge in [-0.2, -0.15) is 4.98 Å². The van der Waals surface area contributed by atoms with Crippen molar-refractivity contribution in [2.75, 3.05) is 0 Å². The van der Waals surface area contributed by atoms with Crippen LogP contribution in [-0.4, -0.2) is 10.1 Å². The summed E-state index contributed by atoms with van der Waals surface area (Å²) in [6.07, 6.45) is 0. The second kappa shape index (κ2) is 6.30. The Labute approximate surface area is 142 Å². The fourth-order valence-corrected chi connectivity index (χ4v) is 2.70. The number of aromatic nitrogens is 2. The maximum atomic E-state index is 14.5. The zero-order chi connectivity index (χ0) is 17.4. The number of benzene rings is 2. The fraction of sp³-hybridized carbons (Fsp3) is 0.176. The molecule has 2 aromatic carbocycles. The Kier molecular flexibility index (Phi) is 4.34. The molecular weight excluding hydrogens is 336 g/mol. The zero-order valence-electron chi connectivity index (χ0n) is 13.0. The minimum atomic E-state index is -0.616. The first-order chi connectivity index (χ1) is 11.4. The Hall–Kier alpha value is -2.31. The molecule has 0 aliphatic carbocycles. The van der Waals surface area contributed by atoms with Crippen LogP contribution in [0.2, 0.25) is 5.02 Å². The van der Waals surface area contributed by atoms with Crippen LogP contribution in [0.15, 0.2) is 34.9 Å². The Bertz CT molecular complexity index is 909. The molecule has 0 spiro atoms. The zero-order valence-corrected chi connectivity index (χ0v) is 13.7. The first-order valence-electron chi connectivity index (χ1n) is 7.22. The molecule has 0 saturated heterocycles. The molecule has 0 fully saturated rings. The summed E-state index contributed by atoms with van der Waals surface area (Å²) in [6, 6.07) is 6.75. The lowest BCUT2D eigenvalue weighted by Crippen LogP contribution is -2.07. The second-order valence-corrected chi connectivity index (χ2v) is 5.91. The quantitative estimate of drug-likeness (QED) is 0.746. The number of rotatable bonds is 3. The van der Waals surface area contributed by atoms with Gasteiger partial charge in [-0.1, -0.05) is 28.9 Å². The van der Waals surface area contributed by atoms with Crippen molar-refractivity contribution in [3.05, 3.63) is 58.4 Å². The number of halogens is 3. The summed E-state index contributed by atoms with van der Waals surface area (Å²) in [4.78, 5) is 4.05. The number of aryl methyl sites for hydroxylation is 1. The van der Waals surface area contributed by atoms with E-state index in [1.54, 1.807) is 26.0 Å². The Morgan fingerprint density at radius 1 is 1.17 bits per heavy atom. The number of nitrogens with zero attached hydrogens (tertiary/aromatic N) is 2. The van der Waals surface area contributed by atoms with Crippen LogP contribution in [0.3, 0.4) is 0 Å². The number of hydrogen-bond donors (Lipinski definition) is 1. The summed E-state index contributed by atoms with van der Waals surface area (Å²) in [5, 5.41) is 3.93. The molecule has 1 aromatic heterocycles. The summed E-state index contributed by atoms with van der Waals surface area (Å²) >= 11 is 5.97. The third-order valence-electron chi connectivity index (χ3n) is 3.61. The predicted molar refractivity (Wildman–Crippen MR) is 87.4 cm³/mol. The van der Waals surface area contributed by atoms with Gasteiger partial charge in [0.05, 0.1) is 5.56 Å². The van der Waals surface area contributed by atoms with Crippen molar-refractivity contribution in [1.82, 2.24) is 10.1 Å². The fourth-order valence-electron chi connectivity index (χ4n) is 2.49. The molecule has 0 bridgehead atoms. The van der Waals surface area contributed by atoms with Crippen LogP contribution < -0.4 is 5.73 Å². The third kappa shape index (κ3) is 3.02. The molecule has 2 N–H and O–H groups in total. The molecule has 0 aliphatic heterocycles. The van der Waals surface area contributed by atoms with Gasteiger partial charge in [0.25, 0.3) is 0 Å². The lowest BCUT2D eigenvalue weighted by molar-refractivity contribution is 0.394. The van der Waals surface area contributed by atoms with Crippen LogP contribution in [0.4, 0.5) is 8.78 Å². The lowest BCUT2D eigenvalue weighted by atomic mass is 9.96. The van der Waals surface area contributed by atoms with E-state index in [-0.39, 0.29) is 16.4 Å². The number of hydrogen-bond acceptors (Lipinski definition) is 4. The monoisotopic (exact) mass is 349 g/mol. The Morgan fingerprint density at radius 3 is 2.50 bits per heavy atom. The second-order valence-electron chi connectivity index (χ2n) is 5.47. The maximum absolute atomic E-state index is 14.5.